The molecule has 0 bridgehead atoms. The predicted molar refractivity (Wildman–Crippen MR) is 69.1 cm³/mol. The van der Waals surface area contributed by atoms with E-state index in [1.807, 2.05) is 6.92 Å². The molecule has 100 valence electrons. The Bertz CT molecular complexity index is 378. The first-order chi connectivity index (χ1) is 8.78. The third-order valence-corrected chi connectivity index (χ3v) is 3.13. The molecule has 1 aliphatic heterocycles. The Labute approximate surface area is 108 Å². The van der Waals surface area contributed by atoms with Crippen molar-refractivity contribution in [1.82, 2.24) is 15.3 Å². The summed E-state index contributed by atoms with van der Waals surface area (Å²) in [6.45, 7) is 3.67. The molecule has 2 rings (SSSR count). The van der Waals surface area contributed by atoms with Gasteiger partial charge in [-0.15, -0.1) is 0 Å². The van der Waals surface area contributed by atoms with E-state index in [0.29, 0.717) is 24.5 Å². The minimum Gasteiger partial charge on any atom is -0.481 e. The number of ether oxygens (including phenoxy) is 2. The number of methoxy groups -OCH3 is 1. The smallest absolute Gasteiger partial charge is 0.319 e. The zero-order valence-corrected chi connectivity index (χ0v) is 11.1. The molecular weight excluding hydrogens is 230 g/mol. The molecule has 1 N–H and O–H groups in total. The zero-order valence-electron chi connectivity index (χ0n) is 11.1. The van der Waals surface area contributed by atoms with Gasteiger partial charge in [-0.05, 0) is 32.7 Å². The van der Waals surface area contributed by atoms with Gasteiger partial charge in [0.25, 0.3) is 0 Å². The van der Waals surface area contributed by atoms with Gasteiger partial charge in [0.2, 0.25) is 5.88 Å². The maximum absolute atomic E-state index is 5.59. The highest BCUT2D eigenvalue weighted by Gasteiger charge is 2.12. The molecule has 1 fully saturated rings. The molecule has 2 heterocycles. The van der Waals surface area contributed by atoms with Crippen molar-refractivity contribution in [2.45, 2.75) is 38.6 Å². The van der Waals surface area contributed by atoms with Crippen molar-refractivity contribution in [3.63, 3.8) is 0 Å². The number of rotatable bonds is 5. The minimum absolute atomic E-state index is 0.405. The summed E-state index contributed by atoms with van der Waals surface area (Å²) in [5.74, 6) is 0.549. The van der Waals surface area contributed by atoms with Gasteiger partial charge in [-0.25, -0.2) is 4.98 Å². The topological polar surface area (TPSA) is 56.3 Å². The number of aryl methyl sites for hydroxylation is 1. The number of hydrogen-bond acceptors (Lipinski definition) is 5. The highest BCUT2D eigenvalue weighted by Crippen LogP contribution is 2.14. The largest absolute Gasteiger partial charge is 0.481 e. The van der Waals surface area contributed by atoms with Crippen LogP contribution in [-0.4, -0.2) is 36.3 Å². The molecule has 5 nitrogen and oxygen atoms in total. The highest BCUT2D eigenvalue weighted by molar-refractivity contribution is 5.17. The molecule has 18 heavy (non-hydrogen) atoms. The summed E-state index contributed by atoms with van der Waals surface area (Å²) in [4.78, 5) is 8.39. The van der Waals surface area contributed by atoms with Crippen molar-refractivity contribution in [2.24, 2.45) is 0 Å². The Morgan fingerprint density at radius 2 is 2.28 bits per heavy atom. The lowest BCUT2D eigenvalue weighted by Gasteiger charge is -2.23. The SMILES string of the molecule is COc1cc(C)nc(OCCC2CCCCN2)n1. The highest BCUT2D eigenvalue weighted by atomic mass is 16.5. The summed E-state index contributed by atoms with van der Waals surface area (Å²) < 4.78 is 10.7. The van der Waals surface area contributed by atoms with E-state index in [4.69, 9.17) is 9.47 Å². The first-order valence-corrected chi connectivity index (χ1v) is 6.54. The van der Waals surface area contributed by atoms with E-state index in [2.05, 4.69) is 15.3 Å². The maximum Gasteiger partial charge on any atom is 0.319 e. The Morgan fingerprint density at radius 1 is 1.39 bits per heavy atom. The fourth-order valence-electron chi connectivity index (χ4n) is 2.15. The second-order valence-corrected chi connectivity index (χ2v) is 4.62. The Hall–Kier alpha value is -1.36. The maximum atomic E-state index is 5.59. The molecular formula is C13H21N3O2. The van der Waals surface area contributed by atoms with Gasteiger partial charge in [-0.3, -0.25) is 0 Å². The van der Waals surface area contributed by atoms with Gasteiger partial charge in [0, 0.05) is 17.8 Å². The van der Waals surface area contributed by atoms with Gasteiger partial charge in [0.1, 0.15) is 0 Å². The third-order valence-electron chi connectivity index (χ3n) is 3.13. The Kier molecular flexibility index (Phi) is 4.75. The van der Waals surface area contributed by atoms with E-state index in [0.717, 1.165) is 18.7 Å². The molecule has 0 saturated carbocycles. The van der Waals surface area contributed by atoms with Gasteiger partial charge in [-0.1, -0.05) is 6.42 Å². The van der Waals surface area contributed by atoms with E-state index < -0.39 is 0 Å². The van der Waals surface area contributed by atoms with Crippen LogP contribution in [0.15, 0.2) is 6.07 Å². The molecule has 5 heteroatoms. The lowest BCUT2D eigenvalue weighted by Crippen LogP contribution is -2.35. The molecule has 1 aromatic rings. The van der Waals surface area contributed by atoms with Crippen LogP contribution in [0, 0.1) is 6.92 Å². The van der Waals surface area contributed by atoms with Crippen molar-refractivity contribution in [3.05, 3.63) is 11.8 Å². The van der Waals surface area contributed by atoms with Gasteiger partial charge >= 0.3 is 6.01 Å². The normalized spacial score (nSPS) is 19.6. The third kappa shape index (κ3) is 3.84. The number of hydrogen-bond donors (Lipinski definition) is 1. The average Bonchev–Trinajstić information content (AvgIpc) is 2.39. The summed E-state index contributed by atoms with van der Waals surface area (Å²) in [5.41, 5.74) is 0.854. The molecule has 1 aliphatic rings. The first kappa shape index (κ1) is 13.1. The number of nitrogens with zero attached hydrogens (tertiary/aromatic N) is 2. The fraction of sp³-hybridized carbons (Fsp3) is 0.692. The van der Waals surface area contributed by atoms with Crippen LogP contribution >= 0.6 is 0 Å². The fourth-order valence-corrected chi connectivity index (χ4v) is 2.15. The molecule has 0 spiro atoms. The number of aromatic nitrogens is 2. The van der Waals surface area contributed by atoms with Crippen molar-refractivity contribution in [2.75, 3.05) is 20.3 Å². The number of piperidine rings is 1. The van der Waals surface area contributed by atoms with Crippen LogP contribution in [0.5, 0.6) is 11.9 Å². The molecule has 0 amide bonds. The lowest BCUT2D eigenvalue weighted by molar-refractivity contribution is 0.248. The van der Waals surface area contributed by atoms with Gasteiger partial charge in [0.15, 0.2) is 0 Å². The number of nitrogens with one attached hydrogen (secondary N) is 1. The second kappa shape index (κ2) is 6.54. The van der Waals surface area contributed by atoms with Crippen molar-refractivity contribution in [1.29, 1.82) is 0 Å². The van der Waals surface area contributed by atoms with Crippen LogP contribution in [0.3, 0.4) is 0 Å². The summed E-state index contributed by atoms with van der Waals surface area (Å²) in [7, 11) is 1.59. The van der Waals surface area contributed by atoms with Crippen LogP contribution in [0.4, 0.5) is 0 Å². The van der Waals surface area contributed by atoms with Crippen molar-refractivity contribution in [3.8, 4) is 11.9 Å². The molecule has 0 aromatic carbocycles. The summed E-state index contributed by atoms with van der Waals surface area (Å²) in [6, 6.07) is 2.77. The van der Waals surface area contributed by atoms with E-state index in [1.54, 1.807) is 13.2 Å². The lowest BCUT2D eigenvalue weighted by atomic mass is 10.0. The van der Waals surface area contributed by atoms with Crippen molar-refractivity contribution >= 4 is 0 Å². The Balaban J connectivity index is 1.80. The van der Waals surface area contributed by atoms with E-state index in [1.165, 1.54) is 19.3 Å². The molecule has 1 saturated heterocycles. The van der Waals surface area contributed by atoms with Crippen LogP contribution in [0.2, 0.25) is 0 Å². The monoisotopic (exact) mass is 251 g/mol. The minimum atomic E-state index is 0.405. The van der Waals surface area contributed by atoms with Gasteiger partial charge in [-0.2, -0.15) is 4.98 Å². The first-order valence-electron chi connectivity index (χ1n) is 6.54. The molecule has 1 atom stereocenters. The second-order valence-electron chi connectivity index (χ2n) is 4.62. The summed E-state index contributed by atoms with van der Waals surface area (Å²) in [5, 5.41) is 3.49. The van der Waals surface area contributed by atoms with Crippen LogP contribution in [-0.2, 0) is 0 Å². The van der Waals surface area contributed by atoms with Crippen LogP contribution in [0.25, 0.3) is 0 Å². The predicted octanol–water partition coefficient (Wildman–Crippen LogP) is 1.70. The quantitative estimate of drug-likeness (QED) is 0.863. The molecule has 0 aliphatic carbocycles. The van der Waals surface area contributed by atoms with E-state index >= 15 is 0 Å². The standard InChI is InChI=1S/C13H21N3O2/c1-10-9-12(17-2)16-13(15-10)18-8-6-11-5-3-4-7-14-11/h9,11,14H,3-8H2,1-2H3. The summed E-state index contributed by atoms with van der Waals surface area (Å²) >= 11 is 0. The van der Waals surface area contributed by atoms with Gasteiger partial charge < -0.3 is 14.8 Å². The van der Waals surface area contributed by atoms with Gasteiger partial charge in [0.05, 0.1) is 13.7 Å². The van der Waals surface area contributed by atoms with E-state index in [-0.39, 0.29) is 0 Å². The summed E-state index contributed by atoms with van der Waals surface area (Å²) in [6.07, 6.45) is 4.84. The average molecular weight is 251 g/mol. The molecule has 0 radical (unpaired) electrons. The zero-order chi connectivity index (χ0) is 12.8. The van der Waals surface area contributed by atoms with Crippen molar-refractivity contribution < 1.29 is 9.47 Å². The molecule has 1 aromatic heterocycles. The molecule has 1 unspecified atom stereocenters. The Morgan fingerprint density at radius 3 is 3.00 bits per heavy atom. The van der Waals surface area contributed by atoms with Crippen LogP contribution in [0.1, 0.15) is 31.4 Å². The van der Waals surface area contributed by atoms with Crippen LogP contribution < -0.4 is 14.8 Å². The van der Waals surface area contributed by atoms with E-state index in [9.17, 15) is 0 Å².